The van der Waals surface area contributed by atoms with Crippen molar-refractivity contribution in [3.63, 3.8) is 0 Å². The number of hydrogen-bond donors (Lipinski definition) is 2. The third-order valence-corrected chi connectivity index (χ3v) is 3.89. The number of nitrogens with one attached hydrogen (secondary N) is 1. The number of rotatable bonds is 6. The largest absolute Gasteiger partial charge is 0.481 e. The van der Waals surface area contributed by atoms with Gasteiger partial charge < -0.3 is 5.11 Å². The summed E-state index contributed by atoms with van der Waals surface area (Å²) in [6.45, 7) is 1.50. The lowest BCUT2D eigenvalue weighted by Crippen LogP contribution is -2.34. The number of carboxylic acids is 1. The Kier molecular flexibility index (Phi) is 4.84. The van der Waals surface area contributed by atoms with Crippen LogP contribution in [0.3, 0.4) is 0 Å². The summed E-state index contributed by atoms with van der Waals surface area (Å²) in [5.41, 5.74) is 0.537. The van der Waals surface area contributed by atoms with Crippen LogP contribution in [0.15, 0.2) is 18.2 Å². The molecule has 0 aliphatic rings. The number of aliphatic carboxylic acids is 1. The van der Waals surface area contributed by atoms with E-state index in [-0.39, 0.29) is 18.7 Å². The fourth-order valence-electron chi connectivity index (χ4n) is 1.31. The molecule has 19 heavy (non-hydrogen) atoms. The first kappa shape index (κ1) is 15.4. The molecule has 0 bridgehead atoms. The minimum Gasteiger partial charge on any atom is -0.481 e. The fraction of sp³-hybridized carbons (Fsp3) is 0.364. The average molecular weight is 290 g/mol. The monoisotopic (exact) mass is 290 g/mol. The van der Waals surface area contributed by atoms with Gasteiger partial charge in [-0.05, 0) is 24.6 Å². The third kappa shape index (κ3) is 4.49. The molecule has 106 valence electrons. The van der Waals surface area contributed by atoms with Crippen molar-refractivity contribution in [2.45, 2.75) is 13.3 Å². The highest BCUT2D eigenvalue weighted by atomic mass is 32.2. The molecule has 0 saturated carbocycles. The molecule has 0 amide bonds. The third-order valence-electron chi connectivity index (χ3n) is 2.41. The van der Waals surface area contributed by atoms with Crippen LogP contribution < -0.4 is 4.72 Å². The number of carbonyl (C=O) groups is 1. The van der Waals surface area contributed by atoms with Crippen LogP contribution in [-0.4, -0.2) is 37.4 Å². The van der Waals surface area contributed by atoms with E-state index in [2.05, 4.69) is 4.72 Å². The molecule has 0 heterocycles. The summed E-state index contributed by atoms with van der Waals surface area (Å²) < 4.78 is 40.0. The summed E-state index contributed by atoms with van der Waals surface area (Å²) in [6, 6.07) is 4.03. The predicted molar refractivity (Wildman–Crippen MR) is 68.6 cm³/mol. The molecule has 1 aromatic carbocycles. The predicted octanol–water partition coefficient (Wildman–Crippen LogP) is 1.20. The molecular formula is C11H15FN2O4S. The summed E-state index contributed by atoms with van der Waals surface area (Å²) in [4.78, 5) is 10.4. The maximum atomic E-state index is 13.4. The lowest BCUT2D eigenvalue weighted by atomic mass is 10.2. The second-order valence-electron chi connectivity index (χ2n) is 4.06. The minimum absolute atomic E-state index is 0.165. The lowest BCUT2D eigenvalue weighted by molar-refractivity contribution is -0.137. The van der Waals surface area contributed by atoms with Gasteiger partial charge in [-0.1, -0.05) is 6.07 Å². The molecule has 0 unspecified atom stereocenters. The molecule has 0 aromatic heterocycles. The van der Waals surface area contributed by atoms with E-state index in [0.717, 1.165) is 10.4 Å². The van der Waals surface area contributed by atoms with E-state index in [0.29, 0.717) is 5.56 Å². The quantitative estimate of drug-likeness (QED) is 0.824. The molecular weight excluding hydrogens is 275 g/mol. The van der Waals surface area contributed by atoms with Gasteiger partial charge in [-0.25, -0.2) is 4.39 Å². The van der Waals surface area contributed by atoms with Gasteiger partial charge in [0.25, 0.3) is 0 Å². The number of carboxylic acid groups (broad SMARTS) is 1. The van der Waals surface area contributed by atoms with Crippen molar-refractivity contribution < 1.29 is 22.7 Å². The molecule has 8 heteroatoms. The Hall–Kier alpha value is -1.67. The number of halogens is 1. The highest BCUT2D eigenvalue weighted by Gasteiger charge is 2.19. The molecule has 0 saturated heterocycles. The standard InChI is InChI=1S/C11H15FN2O4S/c1-8-3-4-9(12)10(7-8)13-19(17,18)14(2)6-5-11(15)16/h3-4,7,13H,5-6H2,1-2H3,(H,15,16). The number of aryl methyl sites for hydroxylation is 1. The number of anilines is 1. The van der Waals surface area contributed by atoms with Crippen LogP contribution in [0.2, 0.25) is 0 Å². The number of hydrogen-bond acceptors (Lipinski definition) is 3. The van der Waals surface area contributed by atoms with Crippen LogP contribution in [-0.2, 0) is 15.0 Å². The molecule has 0 fully saturated rings. The summed E-state index contributed by atoms with van der Waals surface area (Å²) in [5.74, 6) is -1.80. The smallest absolute Gasteiger partial charge is 0.304 e. The molecule has 0 aliphatic carbocycles. The van der Waals surface area contributed by atoms with Crippen LogP contribution in [0, 0.1) is 12.7 Å². The van der Waals surface area contributed by atoms with Crippen molar-refractivity contribution in [1.82, 2.24) is 4.31 Å². The summed E-state index contributed by atoms with van der Waals surface area (Å²) >= 11 is 0. The van der Waals surface area contributed by atoms with E-state index in [9.17, 15) is 17.6 Å². The summed E-state index contributed by atoms with van der Waals surface area (Å²) in [6.07, 6.45) is -0.326. The van der Waals surface area contributed by atoms with Crippen molar-refractivity contribution >= 4 is 21.9 Å². The fourth-order valence-corrected chi connectivity index (χ4v) is 2.23. The van der Waals surface area contributed by atoms with E-state index in [4.69, 9.17) is 5.11 Å². The Morgan fingerprint density at radius 2 is 2.11 bits per heavy atom. The zero-order valence-electron chi connectivity index (χ0n) is 10.6. The van der Waals surface area contributed by atoms with Gasteiger partial charge >= 0.3 is 16.2 Å². The number of nitrogens with zero attached hydrogens (tertiary/aromatic N) is 1. The Morgan fingerprint density at radius 1 is 1.47 bits per heavy atom. The molecule has 1 rings (SSSR count). The van der Waals surface area contributed by atoms with Crippen LogP contribution in [0.1, 0.15) is 12.0 Å². The molecule has 6 nitrogen and oxygen atoms in total. The van der Waals surface area contributed by atoms with Crippen LogP contribution in [0.4, 0.5) is 10.1 Å². The van der Waals surface area contributed by atoms with E-state index >= 15 is 0 Å². The van der Waals surface area contributed by atoms with Crippen LogP contribution in [0.25, 0.3) is 0 Å². The van der Waals surface area contributed by atoms with Gasteiger partial charge in [-0.15, -0.1) is 0 Å². The summed E-state index contributed by atoms with van der Waals surface area (Å²) in [5, 5.41) is 8.50. The zero-order valence-corrected chi connectivity index (χ0v) is 11.4. The van der Waals surface area contributed by atoms with E-state index < -0.39 is 22.0 Å². The van der Waals surface area contributed by atoms with E-state index in [1.54, 1.807) is 6.92 Å². The highest BCUT2D eigenvalue weighted by molar-refractivity contribution is 7.90. The van der Waals surface area contributed by atoms with Crippen molar-refractivity contribution in [1.29, 1.82) is 0 Å². The van der Waals surface area contributed by atoms with Gasteiger partial charge in [0.2, 0.25) is 0 Å². The van der Waals surface area contributed by atoms with E-state index in [1.807, 2.05) is 0 Å². The normalized spacial score (nSPS) is 11.6. The summed E-state index contributed by atoms with van der Waals surface area (Å²) in [7, 11) is -2.75. The molecule has 0 radical (unpaired) electrons. The van der Waals surface area contributed by atoms with Crippen molar-refractivity contribution in [2.24, 2.45) is 0 Å². The van der Waals surface area contributed by atoms with Crippen molar-refractivity contribution in [2.75, 3.05) is 18.3 Å². The zero-order chi connectivity index (χ0) is 14.6. The van der Waals surface area contributed by atoms with Gasteiger partial charge in [0.15, 0.2) is 0 Å². The Bertz CT molecular complexity index is 574. The van der Waals surface area contributed by atoms with Crippen molar-refractivity contribution in [3.05, 3.63) is 29.6 Å². The van der Waals surface area contributed by atoms with Crippen molar-refractivity contribution in [3.8, 4) is 0 Å². The molecule has 1 aromatic rings. The van der Waals surface area contributed by atoms with Gasteiger partial charge in [0, 0.05) is 13.6 Å². The molecule has 0 atom stereocenters. The minimum atomic E-state index is -3.97. The maximum Gasteiger partial charge on any atom is 0.304 e. The lowest BCUT2D eigenvalue weighted by Gasteiger charge is -2.17. The molecule has 0 aliphatic heterocycles. The first-order valence-corrected chi connectivity index (χ1v) is 6.88. The molecule has 2 N–H and O–H groups in total. The molecule has 0 spiro atoms. The topological polar surface area (TPSA) is 86.7 Å². The van der Waals surface area contributed by atoms with Gasteiger partial charge in [-0.3, -0.25) is 9.52 Å². The number of benzene rings is 1. The Morgan fingerprint density at radius 3 is 2.68 bits per heavy atom. The second kappa shape index (κ2) is 5.98. The van der Waals surface area contributed by atoms with E-state index in [1.165, 1.54) is 19.2 Å². The maximum absolute atomic E-state index is 13.4. The van der Waals surface area contributed by atoms with Gasteiger partial charge in [0.05, 0.1) is 12.1 Å². The Balaban J connectivity index is 2.84. The van der Waals surface area contributed by atoms with Crippen LogP contribution >= 0.6 is 0 Å². The SMILES string of the molecule is Cc1ccc(F)c(NS(=O)(=O)N(C)CCC(=O)O)c1. The van der Waals surface area contributed by atoms with Gasteiger partial charge in [-0.2, -0.15) is 12.7 Å². The van der Waals surface area contributed by atoms with Gasteiger partial charge in [0.1, 0.15) is 5.82 Å². The second-order valence-corrected chi connectivity index (χ2v) is 5.83. The van der Waals surface area contributed by atoms with Crippen LogP contribution in [0.5, 0.6) is 0 Å². The first-order chi connectivity index (χ1) is 8.72. The highest BCUT2D eigenvalue weighted by Crippen LogP contribution is 2.17. The Labute approximate surface area is 111 Å². The average Bonchev–Trinajstić information content (AvgIpc) is 2.30. The first-order valence-electron chi connectivity index (χ1n) is 5.44.